The number of rotatable bonds is 7. The molecule has 0 fully saturated rings. The van der Waals surface area contributed by atoms with Gasteiger partial charge in [0, 0.05) is 17.1 Å². The molecule has 0 atom stereocenters. The smallest absolute Gasteiger partial charge is 0.262 e. The Kier molecular flexibility index (Phi) is 5.96. The average Bonchev–Trinajstić information content (AvgIpc) is 3.01. The minimum atomic E-state index is 0.0126. The zero-order chi connectivity index (χ0) is 17.8. The maximum absolute atomic E-state index is 13.0. The van der Waals surface area contributed by atoms with Gasteiger partial charge in [0.1, 0.15) is 5.76 Å². The minimum absolute atomic E-state index is 0.0126. The van der Waals surface area contributed by atoms with Crippen LogP contribution in [-0.4, -0.2) is 14.7 Å². The predicted molar refractivity (Wildman–Crippen MR) is 104 cm³/mol. The van der Waals surface area contributed by atoms with E-state index in [2.05, 4.69) is 28.0 Å². The number of hydrogen-bond acceptors (Lipinski definition) is 5. The van der Waals surface area contributed by atoms with Gasteiger partial charge in [-0.2, -0.15) is 0 Å². The number of aryl methyl sites for hydroxylation is 1. The highest BCUT2D eigenvalue weighted by Gasteiger charge is 2.13. The van der Waals surface area contributed by atoms with Crippen LogP contribution in [0.1, 0.15) is 37.6 Å². The maximum Gasteiger partial charge on any atom is 0.262 e. The molecule has 0 aliphatic rings. The fraction of sp³-hybridized carbons (Fsp3) is 0.389. The molecule has 132 valence electrons. The molecule has 0 N–H and O–H groups in total. The van der Waals surface area contributed by atoms with Crippen LogP contribution in [0.5, 0.6) is 0 Å². The summed E-state index contributed by atoms with van der Waals surface area (Å²) in [5, 5.41) is 5.28. The lowest BCUT2D eigenvalue weighted by Crippen LogP contribution is -2.23. The van der Waals surface area contributed by atoms with E-state index in [4.69, 9.17) is 9.51 Å². The van der Waals surface area contributed by atoms with Gasteiger partial charge in [-0.15, -0.1) is 0 Å². The van der Waals surface area contributed by atoms with Crippen molar-refractivity contribution in [2.45, 2.75) is 50.6 Å². The van der Waals surface area contributed by atoms with Crippen molar-refractivity contribution in [2.24, 2.45) is 0 Å². The monoisotopic (exact) mass is 421 g/mol. The molecule has 0 bridgehead atoms. The van der Waals surface area contributed by atoms with Crippen LogP contribution in [0, 0.1) is 6.92 Å². The van der Waals surface area contributed by atoms with E-state index in [0.29, 0.717) is 17.7 Å². The summed E-state index contributed by atoms with van der Waals surface area (Å²) in [5.41, 5.74) is 1.59. The number of nitrogens with zero attached hydrogens (tertiary/aromatic N) is 3. The number of benzene rings is 1. The van der Waals surface area contributed by atoms with Gasteiger partial charge in [-0.25, -0.2) is 4.98 Å². The molecule has 0 amide bonds. The first-order valence-corrected chi connectivity index (χ1v) is 10.1. The standard InChI is InChI=1S/C18H20BrN3O2S/c1-3-4-5-8-22-17(23)15-10-13(19)6-7-16(15)20-18(22)25-11-14-9-12(2)21-24-14/h6-7,9-10H,3-5,8,11H2,1-2H3. The molecule has 3 aromatic rings. The van der Waals surface area contributed by atoms with Gasteiger partial charge in [0.2, 0.25) is 0 Å². The van der Waals surface area contributed by atoms with Crippen molar-refractivity contribution in [3.05, 3.63) is 50.5 Å². The third-order valence-electron chi connectivity index (χ3n) is 3.89. The lowest BCUT2D eigenvalue weighted by Gasteiger charge is -2.12. The Morgan fingerprint density at radius 1 is 1.28 bits per heavy atom. The minimum Gasteiger partial charge on any atom is -0.360 e. The average molecular weight is 422 g/mol. The van der Waals surface area contributed by atoms with E-state index in [1.165, 1.54) is 11.8 Å². The van der Waals surface area contributed by atoms with Crippen molar-refractivity contribution in [2.75, 3.05) is 0 Å². The van der Waals surface area contributed by atoms with Crippen LogP contribution < -0.4 is 5.56 Å². The highest BCUT2D eigenvalue weighted by atomic mass is 79.9. The zero-order valence-corrected chi connectivity index (χ0v) is 16.7. The van der Waals surface area contributed by atoms with E-state index in [1.54, 1.807) is 4.57 Å². The first kappa shape index (κ1) is 18.2. The SMILES string of the molecule is CCCCCn1c(SCc2cc(C)no2)nc2ccc(Br)cc2c1=O. The third kappa shape index (κ3) is 4.33. The van der Waals surface area contributed by atoms with Crippen LogP contribution in [-0.2, 0) is 12.3 Å². The van der Waals surface area contributed by atoms with Gasteiger partial charge in [-0.05, 0) is 31.5 Å². The molecule has 0 saturated carbocycles. The first-order valence-electron chi connectivity index (χ1n) is 8.33. The van der Waals surface area contributed by atoms with Crippen molar-refractivity contribution in [1.29, 1.82) is 0 Å². The lowest BCUT2D eigenvalue weighted by molar-refractivity contribution is 0.390. The Morgan fingerprint density at radius 3 is 2.84 bits per heavy atom. The summed E-state index contributed by atoms with van der Waals surface area (Å²) >= 11 is 4.95. The number of fused-ring (bicyclic) bond motifs is 1. The molecule has 5 nitrogen and oxygen atoms in total. The molecule has 25 heavy (non-hydrogen) atoms. The van der Waals surface area contributed by atoms with Crippen molar-refractivity contribution in [3.8, 4) is 0 Å². The number of unbranched alkanes of at least 4 members (excludes halogenated alkanes) is 2. The third-order valence-corrected chi connectivity index (χ3v) is 5.38. The van der Waals surface area contributed by atoms with E-state index < -0.39 is 0 Å². The quantitative estimate of drug-likeness (QED) is 0.307. The molecule has 2 heterocycles. The van der Waals surface area contributed by atoms with Gasteiger partial charge < -0.3 is 4.52 Å². The van der Waals surface area contributed by atoms with Gasteiger partial charge in [0.05, 0.1) is 22.3 Å². The Hall–Kier alpha value is -1.60. The van der Waals surface area contributed by atoms with Crippen LogP contribution in [0.4, 0.5) is 0 Å². The molecule has 2 aromatic heterocycles. The molecule has 1 aromatic carbocycles. The van der Waals surface area contributed by atoms with Crippen LogP contribution in [0.25, 0.3) is 10.9 Å². The van der Waals surface area contributed by atoms with Gasteiger partial charge in [0.25, 0.3) is 5.56 Å². The van der Waals surface area contributed by atoms with Crippen LogP contribution in [0.3, 0.4) is 0 Å². The van der Waals surface area contributed by atoms with Crippen molar-refractivity contribution in [3.63, 3.8) is 0 Å². The van der Waals surface area contributed by atoms with Crippen LogP contribution >= 0.6 is 27.7 Å². The van der Waals surface area contributed by atoms with E-state index in [-0.39, 0.29) is 5.56 Å². The molecule has 0 unspecified atom stereocenters. The van der Waals surface area contributed by atoms with Gasteiger partial charge >= 0.3 is 0 Å². The molecule has 3 rings (SSSR count). The molecule has 0 spiro atoms. The molecule has 0 saturated heterocycles. The Morgan fingerprint density at radius 2 is 2.12 bits per heavy atom. The maximum atomic E-state index is 13.0. The molecule has 0 aliphatic carbocycles. The summed E-state index contributed by atoms with van der Waals surface area (Å²) in [5.74, 6) is 1.39. The topological polar surface area (TPSA) is 60.9 Å². The summed E-state index contributed by atoms with van der Waals surface area (Å²) in [6.45, 7) is 4.73. The molecule has 7 heteroatoms. The number of aromatic nitrogens is 3. The highest BCUT2D eigenvalue weighted by Crippen LogP contribution is 2.24. The Balaban J connectivity index is 1.96. The van der Waals surface area contributed by atoms with Crippen LogP contribution in [0.2, 0.25) is 0 Å². The Bertz CT molecular complexity index is 936. The molecular formula is C18H20BrN3O2S. The second-order valence-electron chi connectivity index (χ2n) is 5.94. The number of halogens is 1. The second-order valence-corrected chi connectivity index (χ2v) is 7.80. The largest absolute Gasteiger partial charge is 0.360 e. The lowest BCUT2D eigenvalue weighted by atomic mass is 10.2. The van der Waals surface area contributed by atoms with E-state index >= 15 is 0 Å². The van der Waals surface area contributed by atoms with Crippen molar-refractivity contribution < 1.29 is 4.52 Å². The fourth-order valence-corrected chi connectivity index (χ4v) is 3.88. The number of hydrogen-bond donors (Lipinski definition) is 0. The molecule has 0 aliphatic heterocycles. The summed E-state index contributed by atoms with van der Waals surface area (Å²) in [7, 11) is 0. The van der Waals surface area contributed by atoms with Crippen molar-refractivity contribution >= 4 is 38.6 Å². The summed E-state index contributed by atoms with van der Waals surface area (Å²) in [6.07, 6.45) is 3.17. The first-order chi connectivity index (χ1) is 12.1. The van der Waals surface area contributed by atoms with Crippen LogP contribution in [0.15, 0.2) is 43.2 Å². The van der Waals surface area contributed by atoms with E-state index in [1.807, 2.05) is 31.2 Å². The summed E-state index contributed by atoms with van der Waals surface area (Å²) in [6, 6.07) is 7.53. The predicted octanol–water partition coefficient (Wildman–Crippen LogP) is 4.94. The summed E-state index contributed by atoms with van der Waals surface area (Å²) in [4.78, 5) is 17.7. The normalized spacial score (nSPS) is 11.3. The zero-order valence-electron chi connectivity index (χ0n) is 14.3. The Labute approximate surface area is 158 Å². The fourth-order valence-electron chi connectivity index (χ4n) is 2.62. The van der Waals surface area contributed by atoms with E-state index in [9.17, 15) is 4.79 Å². The van der Waals surface area contributed by atoms with Gasteiger partial charge in [0.15, 0.2) is 5.16 Å². The highest BCUT2D eigenvalue weighted by molar-refractivity contribution is 9.10. The second kappa shape index (κ2) is 8.19. The molecular weight excluding hydrogens is 402 g/mol. The van der Waals surface area contributed by atoms with Gasteiger partial charge in [-0.1, -0.05) is 52.6 Å². The summed E-state index contributed by atoms with van der Waals surface area (Å²) < 4.78 is 7.94. The van der Waals surface area contributed by atoms with Gasteiger partial charge in [-0.3, -0.25) is 9.36 Å². The molecule has 0 radical (unpaired) electrons. The number of thioether (sulfide) groups is 1. The van der Waals surface area contributed by atoms with E-state index in [0.717, 1.165) is 45.9 Å². The van der Waals surface area contributed by atoms with Crippen molar-refractivity contribution in [1.82, 2.24) is 14.7 Å².